The number of nitrogens with two attached hydrogens (primary N) is 1. The number of unbranched alkanes of at least 4 members (excludes halogenated alkanes) is 1. The minimum Gasteiger partial charge on any atom is -0.330 e. The van der Waals surface area contributed by atoms with Gasteiger partial charge in [0, 0.05) is 5.69 Å². The summed E-state index contributed by atoms with van der Waals surface area (Å²) in [5.41, 5.74) is 7.28. The van der Waals surface area contributed by atoms with Gasteiger partial charge in [0.2, 0.25) is 0 Å². The van der Waals surface area contributed by atoms with Gasteiger partial charge in [0.1, 0.15) is 5.82 Å². The maximum atomic E-state index is 12.7. The summed E-state index contributed by atoms with van der Waals surface area (Å²) in [6.07, 6.45) is 4.18. The fourth-order valence-electron chi connectivity index (χ4n) is 1.27. The van der Waals surface area contributed by atoms with Gasteiger partial charge in [-0.2, -0.15) is 0 Å². The number of aromatic nitrogens is 1. The highest BCUT2D eigenvalue weighted by molar-refractivity contribution is 5.18. The Morgan fingerprint density at radius 2 is 2.23 bits per heavy atom. The first-order valence-corrected chi connectivity index (χ1v) is 4.55. The Labute approximate surface area is 78.0 Å². The lowest BCUT2D eigenvalue weighted by Crippen LogP contribution is -2.01. The van der Waals surface area contributed by atoms with Crippen LogP contribution in [0, 0.1) is 12.7 Å². The summed E-state index contributed by atoms with van der Waals surface area (Å²) in [5, 5.41) is 0. The van der Waals surface area contributed by atoms with Gasteiger partial charge in [0.05, 0.1) is 6.20 Å². The summed E-state index contributed by atoms with van der Waals surface area (Å²) in [5.74, 6) is -0.264. The third-order valence-corrected chi connectivity index (χ3v) is 2.02. The highest BCUT2D eigenvalue weighted by Gasteiger charge is 2.00. The van der Waals surface area contributed by atoms with E-state index < -0.39 is 0 Å². The van der Waals surface area contributed by atoms with Gasteiger partial charge < -0.3 is 5.73 Å². The molecular weight excluding hydrogens is 167 g/mol. The van der Waals surface area contributed by atoms with Crippen molar-refractivity contribution in [3.8, 4) is 0 Å². The van der Waals surface area contributed by atoms with Gasteiger partial charge in [-0.15, -0.1) is 0 Å². The molecule has 0 aliphatic carbocycles. The van der Waals surface area contributed by atoms with Crippen molar-refractivity contribution in [2.24, 2.45) is 5.73 Å². The van der Waals surface area contributed by atoms with Crippen LogP contribution in [0.1, 0.15) is 24.1 Å². The molecule has 0 bridgehead atoms. The van der Waals surface area contributed by atoms with E-state index in [0.717, 1.165) is 30.5 Å². The van der Waals surface area contributed by atoms with E-state index in [1.54, 1.807) is 0 Å². The van der Waals surface area contributed by atoms with Gasteiger partial charge in [-0.1, -0.05) is 0 Å². The minimum absolute atomic E-state index is 0.264. The Hall–Kier alpha value is -0.960. The Morgan fingerprint density at radius 1 is 1.46 bits per heavy atom. The number of halogens is 1. The van der Waals surface area contributed by atoms with Crippen molar-refractivity contribution in [2.45, 2.75) is 26.2 Å². The molecule has 0 aromatic carbocycles. The van der Waals surface area contributed by atoms with Crippen LogP contribution < -0.4 is 5.73 Å². The average molecular weight is 182 g/mol. The minimum atomic E-state index is -0.264. The van der Waals surface area contributed by atoms with E-state index in [9.17, 15) is 4.39 Å². The second-order valence-corrected chi connectivity index (χ2v) is 3.16. The number of nitrogens with zero attached hydrogens (tertiary/aromatic N) is 1. The first kappa shape index (κ1) is 10.1. The maximum absolute atomic E-state index is 12.7. The fraction of sp³-hybridized carbons (Fsp3) is 0.500. The molecule has 0 aliphatic heterocycles. The predicted octanol–water partition coefficient (Wildman–Crippen LogP) is 1.81. The normalized spacial score (nSPS) is 10.4. The van der Waals surface area contributed by atoms with E-state index >= 15 is 0 Å². The maximum Gasteiger partial charge on any atom is 0.141 e. The monoisotopic (exact) mass is 182 g/mol. The Kier molecular flexibility index (Phi) is 3.83. The van der Waals surface area contributed by atoms with Crippen LogP contribution in [-0.4, -0.2) is 11.5 Å². The molecule has 0 spiro atoms. The van der Waals surface area contributed by atoms with Crippen LogP contribution in [-0.2, 0) is 6.42 Å². The van der Waals surface area contributed by atoms with Gasteiger partial charge >= 0.3 is 0 Å². The molecule has 1 aromatic rings. The van der Waals surface area contributed by atoms with Gasteiger partial charge in [-0.25, -0.2) is 4.39 Å². The molecule has 0 amide bonds. The Morgan fingerprint density at radius 3 is 2.85 bits per heavy atom. The van der Waals surface area contributed by atoms with E-state index in [1.165, 1.54) is 12.3 Å². The summed E-state index contributed by atoms with van der Waals surface area (Å²) in [6, 6.07) is 1.52. The second-order valence-electron chi connectivity index (χ2n) is 3.16. The zero-order chi connectivity index (χ0) is 9.68. The van der Waals surface area contributed by atoms with Crippen LogP contribution in [0.15, 0.2) is 12.3 Å². The fourth-order valence-corrected chi connectivity index (χ4v) is 1.27. The smallest absolute Gasteiger partial charge is 0.141 e. The molecule has 2 N–H and O–H groups in total. The predicted molar refractivity (Wildman–Crippen MR) is 50.9 cm³/mol. The molecule has 1 heterocycles. The molecule has 72 valence electrons. The summed E-state index contributed by atoms with van der Waals surface area (Å²) in [7, 11) is 0. The number of aryl methyl sites for hydroxylation is 2. The van der Waals surface area contributed by atoms with Gasteiger partial charge in [-0.3, -0.25) is 4.98 Å². The van der Waals surface area contributed by atoms with Crippen molar-refractivity contribution in [1.82, 2.24) is 4.98 Å². The van der Waals surface area contributed by atoms with Crippen molar-refractivity contribution >= 4 is 0 Å². The molecular formula is C10H15FN2. The molecule has 3 heteroatoms. The van der Waals surface area contributed by atoms with Crippen LogP contribution in [0.25, 0.3) is 0 Å². The lowest BCUT2D eigenvalue weighted by molar-refractivity contribution is 0.615. The zero-order valence-electron chi connectivity index (χ0n) is 7.89. The molecule has 2 nitrogen and oxygen atoms in total. The topological polar surface area (TPSA) is 38.9 Å². The Bertz CT molecular complexity index is 274. The summed E-state index contributed by atoms with van der Waals surface area (Å²) in [6.45, 7) is 2.59. The molecule has 13 heavy (non-hydrogen) atoms. The van der Waals surface area contributed by atoms with Crippen molar-refractivity contribution in [3.63, 3.8) is 0 Å². The van der Waals surface area contributed by atoms with E-state index in [0.29, 0.717) is 6.54 Å². The first-order chi connectivity index (χ1) is 6.24. The molecule has 0 saturated heterocycles. The third-order valence-electron chi connectivity index (χ3n) is 2.02. The summed E-state index contributed by atoms with van der Waals surface area (Å²) >= 11 is 0. The number of hydrogen-bond donors (Lipinski definition) is 1. The van der Waals surface area contributed by atoms with E-state index in [-0.39, 0.29) is 5.82 Å². The first-order valence-electron chi connectivity index (χ1n) is 4.55. The molecule has 0 unspecified atom stereocenters. The van der Waals surface area contributed by atoms with Crippen molar-refractivity contribution in [3.05, 3.63) is 29.3 Å². The highest BCUT2D eigenvalue weighted by Crippen LogP contribution is 2.09. The number of pyridine rings is 1. The van der Waals surface area contributed by atoms with Crippen molar-refractivity contribution in [2.75, 3.05) is 6.54 Å². The van der Waals surface area contributed by atoms with Gasteiger partial charge in [0.25, 0.3) is 0 Å². The van der Waals surface area contributed by atoms with Crippen LogP contribution in [0.4, 0.5) is 4.39 Å². The lowest BCUT2D eigenvalue weighted by Gasteiger charge is -2.03. The summed E-state index contributed by atoms with van der Waals surface area (Å²) in [4.78, 5) is 4.03. The molecule has 0 atom stereocenters. The quantitative estimate of drug-likeness (QED) is 0.721. The zero-order valence-corrected chi connectivity index (χ0v) is 7.89. The highest BCUT2D eigenvalue weighted by atomic mass is 19.1. The molecule has 0 saturated carbocycles. The van der Waals surface area contributed by atoms with E-state index in [2.05, 4.69) is 4.98 Å². The van der Waals surface area contributed by atoms with E-state index in [4.69, 9.17) is 5.73 Å². The number of hydrogen-bond acceptors (Lipinski definition) is 2. The van der Waals surface area contributed by atoms with Crippen LogP contribution in [0.5, 0.6) is 0 Å². The van der Waals surface area contributed by atoms with Crippen molar-refractivity contribution < 1.29 is 4.39 Å². The van der Waals surface area contributed by atoms with Gasteiger partial charge in [-0.05, 0) is 44.4 Å². The van der Waals surface area contributed by atoms with Crippen LogP contribution in [0.3, 0.4) is 0 Å². The molecule has 1 rings (SSSR count). The number of rotatable bonds is 4. The average Bonchev–Trinajstić information content (AvgIpc) is 2.09. The SMILES string of the molecule is Cc1cc(F)cnc1CCCCN. The van der Waals surface area contributed by atoms with Crippen LogP contribution >= 0.6 is 0 Å². The van der Waals surface area contributed by atoms with E-state index in [1.807, 2.05) is 6.92 Å². The molecule has 1 aromatic heterocycles. The Balaban J connectivity index is 2.56. The van der Waals surface area contributed by atoms with Gasteiger partial charge in [0.15, 0.2) is 0 Å². The molecule has 0 aliphatic rings. The van der Waals surface area contributed by atoms with Crippen LogP contribution in [0.2, 0.25) is 0 Å². The van der Waals surface area contributed by atoms with Crippen molar-refractivity contribution in [1.29, 1.82) is 0 Å². The third kappa shape index (κ3) is 3.11. The molecule has 0 radical (unpaired) electrons. The lowest BCUT2D eigenvalue weighted by atomic mass is 10.1. The molecule has 0 fully saturated rings. The largest absolute Gasteiger partial charge is 0.330 e. The standard InChI is InChI=1S/C10H15FN2/c1-8-6-9(11)7-13-10(8)4-2-3-5-12/h6-7H,2-5,12H2,1H3. The second kappa shape index (κ2) is 4.92. The summed E-state index contributed by atoms with van der Waals surface area (Å²) < 4.78 is 12.7.